The Morgan fingerprint density at radius 3 is 1.61 bits per heavy atom. The van der Waals surface area contributed by atoms with E-state index in [2.05, 4.69) is 0 Å². The second-order valence-corrected chi connectivity index (χ2v) is 9.76. The summed E-state index contributed by atoms with van der Waals surface area (Å²) in [6.07, 6.45) is 5.74. The van der Waals surface area contributed by atoms with Crippen molar-refractivity contribution in [3.8, 4) is 0 Å². The van der Waals surface area contributed by atoms with Crippen molar-refractivity contribution in [2.75, 3.05) is 0 Å². The molecule has 0 aliphatic heterocycles. The fourth-order valence-electron chi connectivity index (χ4n) is 1.21. The number of carbonyl (C=O) groups excluding carboxylic acids is 1. The van der Waals surface area contributed by atoms with Gasteiger partial charge in [0.25, 0.3) is 0 Å². The topological polar surface area (TPSA) is 108 Å². The van der Waals surface area contributed by atoms with Gasteiger partial charge in [-0.25, -0.2) is 26.0 Å². The van der Waals surface area contributed by atoms with Crippen LogP contribution in [0.25, 0.3) is 4.13 Å². The monoisotopic (exact) mass is 461 g/mol. The molecule has 164 valence electrons. The minimum Gasteiger partial charge on any atom is -0.421 e. The maximum atomic E-state index is 11.6. The summed E-state index contributed by atoms with van der Waals surface area (Å²) in [7, 11) is -11.5. The van der Waals surface area contributed by atoms with E-state index in [9.17, 15) is 48.0 Å². The molecule has 0 N–H and O–H groups in total. The number of Topliss-reactive ketones (excluding diaryl/α,β-unsaturated/α-hetero) is 1. The maximum Gasteiger partial charge on any atom is 0.480 e. The Labute approximate surface area is 157 Å². The Bertz CT molecular complexity index is 853. The summed E-state index contributed by atoms with van der Waals surface area (Å²) in [5.74, 6) is 0.253. The van der Waals surface area contributed by atoms with E-state index >= 15 is 0 Å². The van der Waals surface area contributed by atoms with Crippen LogP contribution >= 0.6 is 0 Å². The van der Waals surface area contributed by atoms with Crippen molar-refractivity contribution in [3.63, 3.8) is 0 Å². The number of nitrogens with zero attached hydrogens (tertiary/aromatic N) is 3. The molecule has 0 amide bonds. The molecule has 1 aromatic heterocycles. The highest BCUT2D eigenvalue weighted by atomic mass is 32.3. The van der Waals surface area contributed by atoms with Gasteiger partial charge in [-0.05, 0) is 0 Å². The molecule has 8 nitrogen and oxygen atoms in total. The van der Waals surface area contributed by atoms with Crippen LogP contribution in [0.4, 0.5) is 26.3 Å². The van der Waals surface area contributed by atoms with Gasteiger partial charge in [0.2, 0.25) is 6.33 Å². The first-order valence-corrected chi connectivity index (χ1v) is 9.89. The molecule has 0 aliphatic rings. The lowest BCUT2D eigenvalue weighted by Gasteiger charge is -2.22. The van der Waals surface area contributed by atoms with E-state index in [1.165, 1.54) is 0 Å². The van der Waals surface area contributed by atoms with Crippen molar-refractivity contribution >= 4 is 25.8 Å². The number of hydrogen-bond acceptors (Lipinski definition) is 5. The Morgan fingerprint density at radius 1 is 0.964 bits per heavy atom. The summed E-state index contributed by atoms with van der Waals surface area (Å²) >= 11 is 0. The number of halogens is 6. The van der Waals surface area contributed by atoms with E-state index in [1.54, 1.807) is 0 Å². The first-order chi connectivity index (χ1) is 12.1. The molecule has 1 heterocycles. The van der Waals surface area contributed by atoms with E-state index in [1.807, 2.05) is 55.7 Å². The predicted octanol–water partition coefficient (Wildman–Crippen LogP) is 1.99. The SMILES string of the molecule is C[n+]1ccn(CC(=O)C(C)(C)C)c1.O=S(=O)([N-]S(=O)(=O)C(F)(F)F)C(F)(F)F. The molecule has 28 heavy (non-hydrogen) atoms. The molecule has 0 spiro atoms. The van der Waals surface area contributed by atoms with Crippen LogP contribution in [0.15, 0.2) is 18.7 Å². The highest BCUT2D eigenvalue weighted by molar-refractivity contribution is 8.13. The van der Waals surface area contributed by atoms with E-state index < -0.39 is 31.1 Å². The van der Waals surface area contributed by atoms with Gasteiger partial charge < -0.3 is 4.13 Å². The predicted molar refractivity (Wildman–Crippen MR) is 83.4 cm³/mol. The van der Waals surface area contributed by atoms with Crippen LogP contribution in [0.1, 0.15) is 20.8 Å². The van der Waals surface area contributed by atoms with Gasteiger partial charge in [-0.3, -0.25) is 4.79 Å². The number of imidazole rings is 1. The van der Waals surface area contributed by atoms with Gasteiger partial charge >= 0.3 is 11.0 Å². The zero-order valence-corrected chi connectivity index (χ0v) is 16.5. The first kappa shape index (κ1) is 26.3. The first-order valence-electron chi connectivity index (χ1n) is 7.01. The molecule has 0 aliphatic carbocycles. The van der Waals surface area contributed by atoms with Crippen LogP contribution in [0.3, 0.4) is 0 Å². The van der Waals surface area contributed by atoms with Gasteiger partial charge in [0.15, 0.2) is 25.8 Å². The Hall–Kier alpha value is -1.68. The molecular weight excluding hydrogens is 444 g/mol. The van der Waals surface area contributed by atoms with Crippen LogP contribution in [-0.4, -0.2) is 38.2 Å². The quantitative estimate of drug-likeness (QED) is 0.503. The standard InChI is InChI=1S/C10H17N2O.C2F6NO4S2/c1-10(2,3)9(13)7-12-6-5-11(4)8-12;3-1(4,5)14(10,11)9-15(12,13)2(6,7)8/h5-6,8H,7H2,1-4H3;/q+1;-1. The van der Waals surface area contributed by atoms with E-state index in [0.29, 0.717) is 6.54 Å². The maximum absolute atomic E-state index is 11.6. The van der Waals surface area contributed by atoms with E-state index in [-0.39, 0.29) is 11.2 Å². The van der Waals surface area contributed by atoms with Gasteiger partial charge in [0.1, 0.15) is 18.9 Å². The second-order valence-electron chi connectivity index (χ2n) is 6.34. The molecule has 0 aromatic carbocycles. The average Bonchev–Trinajstić information content (AvgIpc) is 2.80. The second kappa shape index (κ2) is 8.36. The number of alkyl halides is 6. The molecule has 1 aromatic rings. The molecule has 0 saturated heterocycles. The summed E-state index contributed by atoms with van der Waals surface area (Å²) in [4.78, 5) is 11.6. The lowest BCUT2D eigenvalue weighted by molar-refractivity contribution is -0.671. The van der Waals surface area contributed by atoms with E-state index in [0.717, 1.165) is 4.13 Å². The van der Waals surface area contributed by atoms with E-state index in [4.69, 9.17) is 0 Å². The summed E-state index contributed by atoms with van der Waals surface area (Å²) < 4.78 is 113. The molecule has 16 heteroatoms. The Kier molecular flexibility index (Phi) is 7.86. The molecule has 1 rings (SSSR count). The van der Waals surface area contributed by atoms with Crippen molar-refractivity contribution in [1.82, 2.24) is 4.57 Å². The molecular formula is C12H17F6N3O5S2. The van der Waals surface area contributed by atoms with Gasteiger partial charge in [0, 0.05) is 5.41 Å². The smallest absolute Gasteiger partial charge is 0.421 e. The third kappa shape index (κ3) is 7.75. The van der Waals surface area contributed by atoms with Gasteiger partial charge in [-0.2, -0.15) is 26.3 Å². The molecule has 0 fully saturated rings. The Morgan fingerprint density at radius 2 is 1.36 bits per heavy atom. The third-order valence-corrected chi connectivity index (χ3v) is 5.51. The summed E-state index contributed by atoms with van der Waals surface area (Å²) in [5.41, 5.74) is -12.7. The fraction of sp³-hybridized carbons (Fsp3) is 0.667. The van der Waals surface area contributed by atoms with Crippen molar-refractivity contribution in [2.45, 2.75) is 38.3 Å². The molecule has 0 atom stereocenters. The molecule has 0 saturated carbocycles. The van der Waals surface area contributed by atoms with Gasteiger partial charge in [0.05, 0.1) is 7.05 Å². The van der Waals surface area contributed by atoms with Crippen molar-refractivity contribution < 1.29 is 52.5 Å². The molecule has 0 radical (unpaired) electrons. The molecule has 0 bridgehead atoms. The number of ketones is 1. The van der Waals surface area contributed by atoms with Crippen LogP contribution in [0.5, 0.6) is 0 Å². The largest absolute Gasteiger partial charge is 0.480 e. The average molecular weight is 461 g/mol. The zero-order chi connectivity index (χ0) is 22.8. The lowest BCUT2D eigenvalue weighted by atomic mass is 9.91. The third-order valence-electron chi connectivity index (χ3n) is 2.77. The number of hydrogen-bond donors (Lipinski definition) is 0. The van der Waals surface area contributed by atoms with Gasteiger partial charge in [-0.1, -0.05) is 20.8 Å². The summed E-state index contributed by atoms with van der Waals surface area (Å²) in [5, 5.41) is 0. The zero-order valence-electron chi connectivity index (χ0n) is 14.9. The van der Waals surface area contributed by atoms with Crippen LogP contribution in [-0.2, 0) is 38.4 Å². The van der Waals surface area contributed by atoms with Crippen molar-refractivity contribution in [3.05, 3.63) is 22.8 Å². The number of aromatic nitrogens is 2. The normalized spacial score (nSPS) is 13.6. The van der Waals surface area contributed by atoms with Gasteiger partial charge in [-0.15, -0.1) is 0 Å². The number of aryl methyl sites for hydroxylation is 1. The lowest BCUT2D eigenvalue weighted by Crippen LogP contribution is -2.30. The minimum absolute atomic E-state index is 0.247. The van der Waals surface area contributed by atoms with Crippen LogP contribution in [0.2, 0.25) is 0 Å². The Balaban J connectivity index is 0.000000525. The van der Waals surface area contributed by atoms with Crippen LogP contribution in [0, 0.1) is 5.41 Å². The fourth-order valence-corrected chi connectivity index (χ4v) is 2.92. The van der Waals surface area contributed by atoms with Crippen LogP contribution < -0.4 is 4.57 Å². The molecule has 0 unspecified atom stereocenters. The summed E-state index contributed by atoms with van der Waals surface area (Å²) in [6.45, 7) is 6.29. The minimum atomic E-state index is -6.72. The number of carbonyl (C=O) groups is 1. The van der Waals surface area contributed by atoms with Crippen molar-refractivity contribution in [2.24, 2.45) is 12.5 Å². The van der Waals surface area contributed by atoms with Crippen molar-refractivity contribution in [1.29, 1.82) is 0 Å². The summed E-state index contributed by atoms with van der Waals surface area (Å²) in [6, 6.07) is 0. The highest BCUT2D eigenvalue weighted by Crippen LogP contribution is 2.36. The number of rotatable bonds is 4. The number of sulfonamides is 2. The highest BCUT2D eigenvalue weighted by Gasteiger charge is 2.46.